The standard InChI is InChI=1S/C10H12BrFN2O/c11-7-3-10(9(13)4-8(7)12)14-2-1-6(15)5-14/h3-4,6,15H,1-2,5,13H2. The first-order chi connectivity index (χ1) is 7.08. The molecular formula is C10H12BrFN2O. The molecule has 1 aliphatic heterocycles. The predicted molar refractivity (Wildman–Crippen MR) is 61.3 cm³/mol. The molecule has 82 valence electrons. The lowest BCUT2D eigenvalue weighted by molar-refractivity contribution is 0.198. The summed E-state index contributed by atoms with van der Waals surface area (Å²) in [5.74, 6) is -0.365. The molecule has 0 aromatic heterocycles. The Morgan fingerprint density at radius 1 is 1.53 bits per heavy atom. The number of benzene rings is 1. The van der Waals surface area contributed by atoms with E-state index in [1.54, 1.807) is 6.07 Å². The van der Waals surface area contributed by atoms with Crippen LogP contribution in [0, 0.1) is 5.82 Å². The Kier molecular flexibility index (Phi) is 2.84. The van der Waals surface area contributed by atoms with E-state index in [1.165, 1.54) is 6.07 Å². The highest BCUT2D eigenvalue weighted by Crippen LogP contribution is 2.31. The number of β-amino-alcohol motifs (C(OH)–C–C–N with tert-alkyl or cyclic N) is 1. The van der Waals surface area contributed by atoms with Crippen LogP contribution in [-0.4, -0.2) is 24.3 Å². The summed E-state index contributed by atoms with van der Waals surface area (Å²) in [6, 6.07) is 2.95. The largest absolute Gasteiger partial charge is 0.397 e. The van der Waals surface area contributed by atoms with Gasteiger partial charge in [0, 0.05) is 19.2 Å². The summed E-state index contributed by atoms with van der Waals surface area (Å²) >= 11 is 3.12. The van der Waals surface area contributed by atoms with E-state index < -0.39 is 0 Å². The van der Waals surface area contributed by atoms with Crippen molar-refractivity contribution in [3.63, 3.8) is 0 Å². The summed E-state index contributed by atoms with van der Waals surface area (Å²) in [6.45, 7) is 1.31. The molecule has 0 spiro atoms. The molecule has 1 aromatic rings. The smallest absolute Gasteiger partial charge is 0.139 e. The van der Waals surface area contributed by atoms with Gasteiger partial charge in [-0.3, -0.25) is 0 Å². The van der Waals surface area contributed by atoms with Gasteiger partial charge in [-0.1, -0.05) is 0 Å². The molecule has 1 aromatic carbocycles. The second-order valence-corrected chi connectivity index (χ2v) is 4.57. The van der Waals surface area contributed by atoms with Crippen LogP contribution in [0.2, 0.25) is 0 Å². The minimum absolute atomic E-state index is 0.312. The minimum atomic E-state index is -0.365. The summed E-state index contributed by atoms with van der Waals surface area (Å²) < 4.78 is 13.5. The van der Waals surface area contributed by atoms with Crippen LogP contribution in [0.3, 0.4) is 0 Å². The van der Waals surface area contributed by atoms with Gasteiger partial charge in [-0.15, -0.1) is 0 Å². The summed E-state index contributed by atoms with van der Waals surface area (Å²) in [7, 11) is 0. The Hall–Kier alpha value is -0.810. The number of hydrogen-bond acceptors (Lipinski definition) is 3. The number of nitrogens with two attached hydrogens (primary N) is 1. The summed E-state index contributed by atoms with van der Waals surface area (Å²) in [5, 5.41) is 9.41. The van der Waals surface area contributed by atoms with Crippen LogP contribution in [0.25, 0.3) is 0 Å². The lowest BCUT2D eigenvalue weighted by Crippen LogP contribution is -2.22. The van der Waals surface area contributed by atoms with Gasteiger partial charge in [0.25, 0.3) is 0 Å². The van der Waals surface area contributed by atoms with Crippen molar-refractivity contribution in [2.75, 3.05) is 23.7 Å². The van der Waals surface area contributed by atoms with Gasteiger partial charge in [0.2, 0.25) is 0 Å². The number of nitrogen functional groups attached to an aromatic ring is 1. The van der Waals surface area contributed by atoms with Crippen LogP contribution in [0.1, 0.15) is 6.42 Å². The van der Waals surface area contributed by atoms with Crippen LogP contribution < -0.4 is 10.6 Å². The quantitative estimate of drug-likeness (QED) is 0.767. The minimum Gasteiger partial charge on any atom is -0.397 e. The molecule has 1 atom stereocenters. The van der Waals surface area contributed by atoms with Gasteiger partial charge in [0.15, 0.2) is 0 Å². The molecule has 1 heterocycles. The first-order valence-electron chi connectivity index (χ1n) is 4.75. The van der Waals surface area contributed by atoms with Gasteiger partial charge in [0.1, 0.15) is 5.82 Å². The Labute approximate surface area is 95.8 Å². The van der Waals surface area contributed by atoms with Gasteiger partial charge >= 0.3 is 0 Å². The molecule has 1 fully saturated rings. The normalized spacial score (nSPS) is 21.0. The number of anilines is 2. The molecule has 3 N–H and O–H groups in total. The maximum absolute atomic E-state index is 13.1. The van der Waals surface area contributed by atoms with Crippen molar-refractivity contribution < 1.29 is 9.50 Å². The monoisotopic (exact) mass is 274 g/mol. The fourth-order valence-corrected chi connectivity index (χ4v) is 2.12. The van der Waals surface area contributed by atoms with Gasteiger partial charge in [-0.25, -0.2) is 4.39 Å². The Morgan fingerprint density at radius 3 is 2.87 bits per heavy atom. The summed E-state index contributed by atoms with van der Waals surface area (Å²) in [6.07, 6.45) is 0.419. The molecule has 1 saturated heterocycles. The van der Waals surface area contributed by atoms with Crippen LogP contribution in [0.15, 0.2) is 16.6 Å². The molecule has 3 nitrogen and oxygen atoms in total. The Morgan fingerprint density at radius 2 is 2.27 bits per heavy atom. The molecule has 1 unspecified atom stereocenters. The average molecular weight is 275 g/mol. The van der Waals surface area contributed by atoms with Crippen molar-refractivity contribution >= 4 is 27.3 Å². The summed E-state index contributed by atoms with van der Waals surface area (Å²) in [4.78, 5) is 1.96. The third kappa shape index (κ3) is 2.08. The SMILES string of the molecule is Nc1cc(F)c(Br)cc1N1CCC(O)C1. The van der Waals surface area contributed by atoms with Gasteiger partial charge in [0.05, 0.1) is 22.0 Å². The van der Waals surface area contributed by atoms with E-state index in [-0.39, 0.29) is 11.9 Å². The van der Waals surface area contributed by atoms with E-state index in [1.807, 2.05) is 4.90 Å². The van der Waals surface area contributed by atoms with E-state index in [0.29, 0.717) is 16.7 Å². The maximum Gasteiger partial charge on any atom is 0.139 e. The van der Waals surface area contributed by atoms with E-state index >= 15 is 0 Å². The second kappa shape index (κ2) is 3.98. The molecule has 1 aliphatic rings. The molecule has 0 bridgehead atoms. The van der Waals surface area contributed by atoms with Gasteiger partial charge in [-0.05, 0) is 28.4 Å². The fraction of sp³-hybridized carbons (Fsp3) is 0.400. The first-order valence-corrected chi connectivity index (χ1v) is 5.55. The number of rotatable bonds is 1. The highest BCUT2D eigenvalue weighted by Gasteiger charge is 2.22. The Bertz CT molecular complexity index is 386. The maximum atomic E-state index is 13.1. The zero-order chi connectivity index (χ0) is 11.0. The van der Waals surface area contributed by atoms with Crippen molar-refractivity contribution in [1.29, 1.82) is 0 Å². The van der Waals surface area contributed by atoms with E-state index in [2.05, 4.69) is 15.9 Å². The molecule has 0 radical (unpaired) electrons. The Balaban J connectivity index is 2.32. The lowest BCUT2D eigenvalue weighted by atomic mass is 10.2. The molecule has 0 amide bonds. The fourth-order valence-electron chi connectivity index (χ4n) is 1.79. The van der Waals surface area contributed by atoms with Crippen molar-refractivity contribution in [2.45, 2.75) is 12.5 Å². The number of aliphatic hydroxyl groups excluding tert-OH is 1. The summed E-state index contributed by atoms with van der Waals surface area (Å²) in [5.41, 5.74) is 6.92. The second-order valence-electron chi connectivity index (χ2n) is 3.71. The predicted octanol–water partition coefficient (Wildman–Crippen LogP) is 1.74. The molecular weight excluding hydrogens is 263 g/mol. The molecule has 5 heteroatoms. The zero-order valence-electron chi connectivity index (χ0n) is 8.08. The molecule has 0 saturated carbocycles. The molecule has 15 heavy (non-hydrogen) atoms. The molecule has 2 rings (SSSR count). The van der Waals surface area contributed by atoms with Gasteiger partial charge in [-0.2, -0.15) is 0 Å². The van der Waals surface area contributed by atoms with E-state index in [0.717, 1.165) is 18.7 Å². The highest BCUT2D eigenvalue weighted by atomic mass is 79.9. The van der Waals surface area contributed by atoms with Crippen molar-refractivity contribution in [1.82, 2.24) is 0 Å². The van der Waals surface area contributed by atoms with Crippen LogP contribution >= 0.6 is 15.9 Å². The highest BCUT2D eigenvalue weighted by molar-refractivity contribution is 9.10. The number of halogens is 2. The van der Waals surface area contributed by atoms with Crippen molar-refractivity contribution in [3.8, 4) is 0 Å². The number of aliphatic hydroxyl groups is 1. The van der Waals surface area contributed by atoms with Gasteiger partial charge < -0.3 is 15.7 Å². The third-order valence-corrected chi connectivity index (χ3v) is 3.18. The average Bonchev–Trinajstić information content (AvgIpc) is 2.58. The third-order valence-electron chi connectivity index (χ3n) is 2.57. The van der Waals surface area contributed by atoms with E-state index in [4.69, 9.17) is 5.73 Å². The number of nitrogens with zero attached hydrogens (tertiary/aromatic N) is 1. The molecule has 0 aliphatic carbocycles. The lowest BCUT2D eigenvalue weighted by Gasteiger charge is -2.20. The first kappa shape index (κ1) is 10.7. The number of hydrogen-bond donors (Lipinski definition) is 2. The van der Waals surface area contributed by atoms with Crippen LogP contribution in [0.5, 0.6) is 0 Å². The van der Waals surface area contributed by atoms with Crippen LogP contribution in [-0.2, 0) is 0 Å². The zero-order valence-corrected chi connectivity index (χ0v) is 9.67. The van der Waals surface area contributed by atoms with Crippen LogP contribution in [0.4, 0.5) is 15.8 Å². The van der Waals surface area contributed by atoms with E-state index in [9.17, 15) is 9.50 Å². The topological polar surface area (TPSA) is 49.5 Å². The van der Waals surface area contributed by atoms with Crippen molar-refractivity contribution in [3.05, 3.63) is 22.4 Å². The van der Waals surface area contributed by atoms with Crippen molar-refractivity contribution in [2.24, 2.45) is 0 Å².